The van der Waals surface area contributed by atoms with Gasteiger partial charge in [-0.3, -0.25) is 4.79 Å². The first-order chi connectivity index (χ1) is 15.9. The minimum atomic E-state index is -0.919. The number of methoxy groups -OCH3 is 1. The second kappa shape index (κ2) is 9.25. The summed E-state index contributed by atoms with van der Waals surface area (Å²) in [4.78, 5) is 30.8. The number of carbonyl (C=O) groups excluding carboxylic acids is 2. The molecule has 0 unspecified atom stereocenters. The van der Waals surface area contributed by atoms with E-state index in [0.29, 0.717) is 22.2 Å². The molecule has 4 aromatic rings. The normalized spacial score (nSPS) is 11.8. The van der Waals surface area contributed by atoms with Gasteiger partial charge in [-0.05, 0) is 56.7 Å². The number of carbonyl (C=O) groups is 2. The molecule has 1 heterocycles. The third kappa shape index (κ3) is 4.62. The highest BCUT2D eigenvalue weighted by Crippen LogP contribution is 2.28. The summed E-state index contributed by atoms with van der Waals surface area (Å²) in [5.74, 6) is -0.0669. The highest BCUT2D eigenvalue weighted by molar-refractivity contribution is 6.07. The summed E-state index contributed by atoms with van der Waals surface area (Å²) < 4.78 is 10.9. The van der Waals surface area contributed by atoms with Gasteiger partial charge in [-0.2, -0.15) is 0 Å². The first-order valence-electron chi connectivity index (χ1n) is 10.7. The van der Waals surface area contributed by atoms with Crippen LogP contribution in [0.4, 0.5) is 0 Å². The van der Waals surface area contributed by atoms with Crippen LogP contribution in [0.15, 0.2) is 72.8 Å². The molecule has 0 amide bonds. The number of nitrogens with zero attached hydrogens (tertiary/aromatic N) is 1. The van der Waals surface area contributed by atoms with Crippen molar-refractivity contribution in [2.75, 3.05) is 7.11 Å². The van der Waals surface area contributed by atoms with E-state index in [1.807, 2.05) is 68.4 Å². The molecule has 0 aliphatic carbocycles. The summed E-state index contributed by atoms with van der Waals surface area (Å²) in [6.07, 6.45) is -0.919. The first-order valence-corrected chi connectivity index (χ1v) is 10.7. The van der Waals surface area contributed by atoms with Crippen LogP contribution in [0.3, 0.4) is 0 Å². The summed E-state index contributed by atoms with van der Waals surface area (Å²) in [6.45, 7) is 5.50. The van der Waals surface area contributed by atoms with Gasteiger partial charge in [0.2, 0.25) is 5.78 Å². The van der Waals surface area contributed by atoms with Gasteiger partial charge >= 0.3 is 5.97 Å². The number of esters is 1. The van der Waals surface area contributed by atoms with Crippen LogP contribution in [0.2, 0.25) is 0 Å². The molecule has 3 aromatic carbocycles. The van der Waals surface area contributed by atoms with Gasteiger partial charge in [0, 0.05) is 16.5 Å². The van der Waals surface area contributed by atoms with Crippen molar-refractivity contribution < 1.29 is 19.1 Å². The fourth-order valence-electron chi connectivity index (χ4n) is 3.70. The van der Waals surface area contributed by atoms with E-state index in [1.165, 1.54) is 0 Å². The molecule has 5 heteroatoms. The van der Waals surface area contributed by atoms with E-state index in [9.17, 15) is 9.59 Å². The smallest absolute Gasteiger partial charge is 0.339 e. The van der Waals surface area contributed by atoms with E-state index in [1.54, 1.807) is 32.2 Å². The predicted octanol–water partition coefficient (Wildman–Crippen LogP) is 5.96. The van der Waals surface area contributed by atoms with Crippen molar-refractivity contribution in [3.63, 3.8) is 0 Å². The molecule has 0 fully saturated rings. The molecular formula is C28H25NO4. The number of rotatable bonds is 6. The Bertz CT molecular complexity index is 1320. The summed E-state index contributed by atoms with van der Waals surface area (Å²) in [5, 5.41) is 0.687. The molecule has 1 atom stereocenters. The van der Waals surface area contributed by atoms with Gasteiger partial charge in [0.05, 0.1) is 23.9 Å². The monoisotopic (exact) mass is 439 g/mol. The van der Waals surface area contributed by atoms with Crippen LogP contribution in [0.25, 0.3) is 22.2 Å². The van der Waals surface area contributed by atoms with E-state index in [2.05, 4.69) is 0 Å². The SMILES string of the molecule is COc1ccc(-c2cc(C(=O)O[C@@H](C)C(=O)c3ccc(C)cc3)c3cccc(C)c3n2)cc1. The Hall–Kier alpha value is -3.99. The number of ketones is 1. The van der Waals surface area contributed by atoms with Gasteiger partial charge < -0.3 is 9.47 Å². The Morgan fingerprint density at radius 2 is 1.61 bits per heavy atom. The van der Waals surface area contributed by atoms with E-state index < -0.39 is 12.1 Å². The van der Waals surface area contributed by atoms with Gasteiger partial charge in [0.15, 0.2) is 6.10 Å². The molecule has 0 aliphatic rings. The molecule has 0 N–H and O–H groups in total. The molecule has 0 aliphatic heterocycles. The van der Waals surface area contributed by atoms with Crippen molar-refractivity contribution in [1.29, 1.82) is 0 Å². The standard InChI is InChI=1S/C28H25NO4/c1-17-8-10-21(11-9-17)27(30)19(3)33-28(31)24-16-25(20-12-14-22(32-4)15-13-20)29-26-18(2)6-5-7-23(24)26/h5-16,19H,1-4H3/t19-/m0/s1. The maximum absolute atomic E-state index is 13.2. The van der Waals surface area contributed by atoms with Crippen molar-refractivity contribution in [2.24, 2.45) is 0 Å². The zero-order valence-corrected chi connectivity index (χ0v) is 19.1. The maximum Gasteiger partial charge on any atom is 0.339 e. The summed E-state index contributed by atoms with van der Waals surface area (Å²) in [6, 6.07) is 22.1. The van der Waals surface area contributed by atoms with Crippen LogP contribution >= 0.6 is 0 Å². The Balaban J connectivity index is 1.70. The third-order valence-corrected chi connectivity index (χ3v) is 5.64. The molecule has 0 saturated carbocycles. The van der Waals surface area contributed by atoms with E-state index in [4.69, 9.17) is 14.5 Å². The number of benzene rings is 3. The molecule has 0 radical (unpaired) electrons. The van der Waals surface area contributed by atoms with Crippen molar-refractivity contribution in [3.8, 4) is 17.0 Å². The van der Waals surface area contributed by atoms with E-state index in [-0.39, 0.29) is 5.78 Å². The van der Waals surface area contributed by atoms with Crippen molar-refractivity contribution in [3.05, 3.63) is 95.1 Å². The van der Waals surface area contributed by atoms with Crippen LogP contribution in [-0.4, -0.2) is 30.0 Å². The quantitative estimate of drug-likeness (QED) is 0.274. The average Bonchev–Trinajstić information content (AvgIpc) is 2.83. The minimum Gasteiger partial charge on any atom is -0.497 e. The zero-order valence-electron chi connectivity index (χ0n) is 19.1. The highest BCUT2D eigenvalue weighted by atomic mass is 16.5. The van der Waals surface area contributed by atoms with Crippen molar-refractivity contribution in [2.45, 2.75) is 26.9 Å². The lowest BCUT2D eigenvalue weighted by Gasteiger charge is -2.15. The lowest BCUT2D eigenvalue weighted by atomic mass is 10.0. The predicted molar refractivity (Wildman–Crippen MR) is 129 cm³/mol. The maximum atomic E-state index is 13.2. The molecule has 166 valence electrons. The van der Waals surface area contributed by atoms with Crippen molar-refractivity contribution in [1.82, 2.24) is 4.98 Å². The number of para-hydroxylation sites is 1. The summed E-state index contributed by atoms with van der Waals surface area (Å²) in [5.41, 5.74) is 5.09. The summed E-state index contributed by atoms with van der Waals surface area (Å²) in [7, 11) is 1.61. The average molecular weight is 440 g/mol. The van der Waals surface area contributed by atoms with Crippen LogP contribution in [0.5, 0.6) is 5.75 Å². The minimum absolute atomic E-state index is 0.242. The number of pyridine rings is 1. The van der Waals surface area contributed by atoms with E-state index in [0.717, 1.165) is 28.0 Å². The van der Waals surface area contributed by atoms with Crippen LogP contribution in [0.1, 0.15) is 38.8 Å². The second-order valence-corrected chi connectivity index (χ2v) is 8.03. The Kier molecular flexibility index (Phi) is 6.22. The Labute approximate surface area is 193 Å². The lowest BCUT2D eigenvalue weighted by Crippen LogP contribution is -2.24. The van der Waals surface area contributed by atoms with Crippen molar-refractivity contribution >= 4 is 22.7 Å². The topological polar surface area (TPSA) is 65.5 Å². The molecular weight excluding hydrogens is 414 g/mol. The number of aryl methyl sites for hydroxylation is 2. The molecule has 0 spiro atoms. The number of hydrogen-bond donors (Lipinski definition) is 0. The fourth-order valence-corrected chi connectivity index (χ4v) is 3.70. The second-order valence-electron chi connectivity index (χ2n) is 8.03. The van der Waals surface area contributed by atoms with E-state index >= 15 is 0 Å². The number of Topliss-reactive ketones (excluding diaryl/α,β-unsaturated/α-hetero) is 1. The van der Waals surface area contributed by atoms with Gasteiger partial charge in [0.25, 0.3) is 0 Å². The number of ether oxygens (including phenoxy) is 2. The van der Waals surface area contributed by atoms with Gasteiger partial charge in [-0.1, -0.05) is 48.0 Å². The van der Waals surface area contributed by atoms with Crippen LogP contribution in [-0.2, 0) is 4.74 Å². The molecule has 33 heavy (non-hydrogen) atoms. The zero-order chi connectivity index (χ0) is 23.5. The third-order valence-electron chi connectivity index (χ3n) is 5.64. The highest BCUT2D eigenvalue weighted by Gasteiger charge is 2.23. The number of hydrogen-bond acceptors (Lipinski definition) is 5. The summed E-state index contributed by atoms with van der Waals surface area (Å²) >= 11 is 0. The van der Waals surface area contributed by atoms with Crippen LogP contribution < -0.4 is 4.74 Å². The first kappa shape index (κ1) is 22.2. The largest absolute Gasteiger partial charge is 0.497 e. The van der Waals surface area contributed by atoms with Crippen LogP contribution in [0, 0.1) is 13.8 Å². The molecule has 0 saturated heterocycles. The van der Waals surface area contributed by atoms with Gasteiger partial charge in [0.1, 0.15) is 5.75 Å². The Morgan fingerprint density at radius 3 is 2.27 bits per heavy atom. The molecule has 5 nitrogen and oxygen atoms in total. The molecule has 1 aromatic heterocycles. The fraction of sp³-hybridized carbons (Fsp3) is 0.179. The number of aromatic nitrogens is 1. The van der Waals surface area contributed by atoms with Gasteiger partial charge in [-0.15, -0.1) is 0 Å². The molecule has 4 rings (SSSR count). The lowest BCUT2D eigenvalue weighted by molar-refractivity contribution is 0.0320. The molecule has 0 bridgehead atoms. The number of fused-ring (bicyclic) bond motifs is 1. The Morgan fingerprint density at radius 1 is 0.909 bits per heavy atom. The van der Waals surface area contributed by atoms with Gasteiger partial charge in [-0.25, -0.2) is 9.78 Å².